The number of benzene rings is 1. The number of hydrogen-bond acceptors (Lipinski definition) is 5. The van der Waals surface area contributed by atoms with Gasteiger partial charge >= 0.3 is 12.1 Å². The molecular formula is C18H15ClF3N3O2S. The van der Waals surface area contributed by atoms with Crippen LogP contribution in [-0.4, -0.2) is 27.3 Å². The van der Waals surface area contributed by atoms with E-state index in [-0.39, 0.29) is 23.7 Å². The lowest BCUT2D eigenvalue weighted by Gasteiger charge is -2.10. The SMILES string of the molecule is CCOC(=O)c1cnn(Cc2nc(-c3cccc(C(F)(F)F)c3Cl)sc2C)c1. The molecule has 3 rings (SSSR count). The molecule has 0 N–H and O–H groups in total. The van der Waals surface area contributed by atoms with Gasteiger partial charge < -0.3 is 4.74 Å². The summed E-state index contributed by atoms with van der Waals surface area (Å²) in [6.07, 6.45) is -1.61. The van der Waals surface area contributed by atoms with Crippen LogP contribution in [0.3, 0.4) is 0 Å². The molecule has 2 aromatic heterocycles. The normalized spacial score (nSPS) is 11.6. The summed E-state index contributed by atoms with van der Waals surface area (Å²) < 4.78 is 45.7. The van der Waals surface area contributed by atoms with Crippen molar-refractivity contribution in [3.05, 3.63) is 57.3 Å². The van der Waals surface area contributed by atoms with Crippen LogP contribution in [0.1, 0.15) is 33.4 Å². The lowest BCUT2D eigenvalue weighted by Crippen LogP contribution is -2.06. The van der Waals surface area contributed by atoms with Crippen molar-refractivity contribution in [3.63, 3.8) is 0 Å². The van der Waals surface area contributed by atoms with Crippen molar-refractivity contribution in [2.75, 3.05) is 6.61 Å². The van der Waals surface area contributed by atoms with Crippen molar-refractivity contribution in [2.45, 2.75) is 26.6 Å². The molecule has 0 aliphatic rings. The second-order valence-corrected chi connectivity index (χ2v) is 7.41. The van der Waals surface area contributed by atoms with Crippen LogP contribution in [0.2, 0.25) is 5.02 Å². The summed E-state index contributed by atoms with van der Waals surface area (Å²) in [5, 5.41) is 4.12. The summed E-state index contributed by atoms with van der Waals surface area (Å²) >= 11 is 7.24. The van der Waals surface area contributed by atoms with Gasteiger partial charge in [-0.25, -0.2) is 9.78 Å². The van der Waals surface area contributed by atoms with E-state index in [1.54, 1.807) is 6.92 Å². The molecule has 0 amide bonds. The Kier molecular flexibility index (Phi) is 5.76. The summed E-state index contributed by atoms with van der Waals surface area (Å²) in [5.74, 6) is -0.472. The Bertz CT molecular complexity index is 1010. The first-order valence-electron chi connectivity index (χ1n) is 8.22. The second-order valence-electron chi connectivity index (χ2n) is 5.83. The number of ether oxygens (including phenoxy) is 1. The van der Waals surface area contributed by atoms with Gasteiger partial charge in [0.25, 0.3) is 0 Å². The number of carbonyl (C=O) groups excluding carboxylic acids is 1. The third kappa shape index (κ3) is 4.20. The number of aryl methyl sites for hydroxylation is 1. The number of alkyl halides is 3. The first-order chi connectivity index (χ1) is 13.2. The highest BCUT2D eigenvalue weighted by Gasteiger charge is 2.34. The van der Waals surface area contributed by atoms with Crippen molar-refractivity contribution in [2.24, 2.45) is 0 Å². The number of halogens is 4. The van der Waals surface area contributed by atoms with Gasteiger partial charge in [-0.05, 0) is 19.9 Å². The van der Waals surface area contributed by atoms with Crippen molar-refractivity contribution in [1.82, 2.24) is 14.8 Å². The predicted octanol–water partition coefficient (Wildman–Crippen LogP) is 5.21. The largest absolute Gasteiger partial charge is 0.462 e. The van der Waals surface area contributed by atoms with Crippen LogP contribution < -0.4 is 0 Å². The number of nitrogens with zero attached hydrogens (tertiary/aromatic N) is 3. The lowest BCUT2D eigenvalue weighted by molar-refractivity contribution is -0.137. The molecule has 0 bridgehead atoms. The average Bonchev–Trinajstić information content (AvgIpc) is 3.22. The maximum absolute atomic E-state index is 13.1. The van der Waals surface area contributed by atoms with Gasteiger partial charge in [0.2, 0.25) is 0 Å². The summed E-state index contributed by atoms with van der Waals surface area (Å²) in [6, 6.07) is 3.75. The molecule has 0 fully saturated rings. The van der Waals surface area contributed by atoms with Crippen LogP contribution in [0.4, 0.5) is 13.2 Å². The summed E-state index contributed by atoms with van der Waals surface area (Å²) in [4.78, 5) is 17.0. The second kappa shape index (κ2) is 7.92. The first kappa shape index (κ1) is 20.3. The van der Waals surface area contributed by atoms with E-state index >= 15 is 0 Å². The maximum atomic E-state index is 13.1. The van der Waals surface area contributed by atoms with E-state index in [1.165, 1.54) is 40.5 Å². The molecule has 0 saturated carbocycles. The Hall–Kier alpha value is -2.39. The smallest absolute Gasteiger partial charge is 0.417 e. The quantitative estimate of drug-likeness (QED) is 0.522. The van der Waals surface area contributed by atoms with E-state index < -0.39 is 17.7 Å². The van der Waals surface area contributed by atoms with E-state index in [4.69, 9.17) is 16.3 Å². The third-order valence-electron chi connectivity index (χ3n) is 3.88. The number of esters is 1. The lowest BCUT2D eigenvalue weighted by atomic mass is 10.1. The molecule has 28 heavy (non-hydrogen) atoms. The van der Waals surface area contributed by atoms with Crippen molar-refractivity contribution >= 4 is 28.9 Å². The average molecular weight is 430 g/mol. The van der Waals surface area contributed by atoms with E-state index in [9.17, 15) is 18.0 Å². The zero-order valence-corrected chi connectivity index (χ0v) is 16.5. The first-order valence-corrected chi connectivity index (χ1v) is 9.42. The van der Waals surface area contributed by atoms with Crippen molar-refractivity contribution < 1.29 is 22.7 Å². The van der Waals surface area contributed by atoms with Gasteiger partial charge in [0, 0.05) is 16.6 Å². The highest BCUT2D eigenvalue weighted by Crippen LogP contribution is 2.41. The minimum atomic E-state index is -4.54. The topological polar surface area (TPSA) is 57.0 Å². The van der Waals surface area contributed by atoms with Crippen LogP contribution in [0.25, 0.3) is 10.6 Å². The third-order valence-corrected chi connectivity index (χ3v) is 5.34. The van der Waals surface area contributed by atoms with Gasteiger partial charge in [0.15, 0.2) is 0 Å². The predicted molar refractivity (Wildman–Crippen MR) is 99.6 cm³/mol. The van der Waals surface area contributed by atoms with E-state index in [0.29, 0.717) is 16.3 Å². The molecule has 3 aromatic rings. The molecule has 0 atom stereocenters. The van der Waals surface area contributed by atoms with Crippen LogP contribution in [-0.2, 0) is 17.5 Å². The Labute approximate surface area is 167 Å². The molecule has 1 aromatic carbocycles. The Morgan fingerprint density at radius 3 is 2.79 bits per heavy atom. The van der Waals surface area contributed by atoms with Gasteiger partial charge in [0.1, 0.15) is 5.01 Å². The van der Waals surface area contributed by atoms with Gasteiger partial charge in [-0.3, -0.25) is 4.68 Å². The fraction of sp³-hybridized carbons (Fsp3) is 0.278. The summed E-state index contributed by atoms with van der Waals surface area (Å²) in [5.41, 5.74) is 0.276. The van der Waals surface area contributed by atoms with Gasteiger partial charge in [-0.1, -0.05) is 23.7 Å². The molecule has 0 spiro atoms. The summed E-state index contributed by atoms with van der Waals surface area (Å²) in [7, 11) is 0. The molecule has 0 saturated heterocycles. The molecule has 0 aliphatic heterocycles. The summed E-state index contributed by atoms with van der Waals surface area (Å²) in [6.45, 7) is 4.05. The van der Waals surface area contributed by atoms with Crippen LogP contribution in [0, 0.1) is 6.92 Å². The molecule has 148 valence electrons. The Morgan fingerprint density at radius 2 is 2.11 bits per heavy atom. The Balaban J connectivity index is 1.88. The van der Waals surface area contributed by atoms with Crippen LogP contribution in [0.15, 0.2) is 30.6 Å². The van der Waals surface area contributed by atoms with E-state index in [1.807, 2.05) is 6.92 Å². The van der Waals surface area contributed by atoms with E-state index in [0.717, 1.165) is 10.9 Å². The van der Waals surface area contributed by atoms with Crippen molar-refractivity contribution in [1.29, 1.82) is 0 Å². The zero-order chi connectivity index (χ0) is 20.5. The number of carbonyl (C=O) groups is 1. The highest BCUT2D eigenvalue weighted by molar-refractivity contribution is 7.15. The minimum absolute atomic E-state index is 0.225. The fourth-order valence-electron chi connectivity index (χ4n) is 2.53. The number of rotatable bonds is 5. The highest BCUT2D eigenvalue weighted by atomic mass is 35.5. The van der Waals surface area contributed by atoms with Crippen LogP contribution in [0.5, 0.6) is 0 Å². The van der Waals surface area contributed by atoms with Gasteiger partial charge in [0.05, 0.1) is 41.2 Å². The van der Waals surface area contributed by atoms with E-state index in [2.05, 4.69) is 10.1 Å². The zero-order valence-electron chi connectivity index (χ0n) is 14.9. The number of aromatic nitrogens is 3. The molecule has 0 unspecified atom stereocenters. The van der Waals surface area contributed by atoms with Crippen molar-refractivity contribution in [3.8, 4) is 10.6 Å². The fourth-order valence-corrected chi connectivity index (χ4v) is 3.86. The molecular weight excluding hydrogens is 415 g/mol. The molecule has 10 heteroatoms. The molecule has 2 heterocycles. The monoisotopic (exact) mass is 429 g/mol. The molecule has 5 nitrogen and oxygen atoms in total. The van der Waals surface area contributed by atoms with Gasteiger partial charge in [-0.15, -0.1) is 11.3 Å². The number of hydrogen-bond donors (Lipinski definition) is 0. The Morgan fingerprint density at radius 1 is 1.36 bits per heavy atom. The van der Waals surface area contributed by atoms with Crippen LogP contribution >= 0.6 is 22.9 Å². The molecule has 0 radical (unpaired) electrons. The maximum Gasteiger partial charge on any atom is 0.417 e. The minimum Gasteiger partial charge on any atom is -0.462 e. The molecule has 0 aliphatic carbocycles. The number of thiazole rings is 1. The standard InChI is InChI=1S/C18H15ClF3N3O2S/c1-3-27-17(26)11-7-23-25(8-11)9-14-10(2)28-16(24-14)12-5-4-6-13(15(12)19)18(20,21)22/h4-8H,3,9H2,1-2H3. The van der Waals surface area contributed by atoms with Gasteiger partial charge in [-0.2, -0.15) is 18.3 Å².